The van der Waals surface area contributed by atoms with Gasteiger partial charge < -0.3 is 11.1 Å². The van der Waals surface area contributed by atoms with Crippen LogP contribution in [-0.4, -0.2) is 22.4 Å². The molecule has 3 N–H and O–H groups in total. The number of anilines is 1. The van der Waals surface area contributed by atoms with Crippen molar-refractivity contribution in [3.8, 4) is 0 Å². The zero-order valence-corrected chi connectivity index (χ0v) is 7.08. The summed E-state index contributed by atoms with van der Waals surface area (Å²) in [6.07, 6.45) is -0.342. The Morgan fingerprint density at radius 2 is 2.14 bits per heavy atom. The molecule has 1 aromatic heterocycles. The number of aromatic nitrogens is 2. The van der Waals surface area contributed by atoms with Gasteiger partial charge in [-0.3, -0.25) is 4.79 Å². The highest BCUT2D eigenvalue weighted by Crippen LogP contribution is 2.21. The molecular weight excluding hydrogens is 194 g/mol. The lowest BCUT2D eigenvalue weighted by Gasteiger charge is -2.06. The Morgan fingerprint density at radius 1 is 1.50 bits per heavy atom. The first-order chi connectivity index (χ1) is 6.61. The summed E-state index contributed by atoms with van der Waals surface area (Å²) in [5.74, 6) is -0.780. The molecule has 0 aliphatic rings. The molecule has 7 heteroatoms. The van der Waals surface area contributed by atoms with Crippen molar-refractivity contribution in [1.29, 1.82) is 0 Å². The molecule has 1 aromatic rings. The van der Waals surface area contributed by atoms with E-state index in [1.54, 1.807) is 0 Å². The first-order valence-electron chi connectivity index (χ1n) is 3.72. The van der Waals surface area contributed by atoms with Gasteiger partial charge in [-0.25, -0.2) is 18.7 Å². The normalized spacial score (nSPS) is 10.2. The van der Waals surface area contributed by atoms with Crippen LogP contribution in [0.1, 0.15) is 12.1 Å². The van der Waals surface area contributed by atoms with E-state index in [0.717, 1.165) is 6.20 Å². The number of alkyl halides is 2. The number of carbonyl (C=O) groups is 1. The summed E-state index contributed by atoms with van der Waals surface area (Å²) in [6, 6.07) is 0. The van der Waals surface area contributed by atoms with Crippen LogP contribution >= 0.6 is 0 Å². The van der Waals surface area contributed by atoms with Crippen LogP contribution in [0.15, 0.2) is 12.4 Å². The van der Waals surface area contributed by atoms with Gasteiger partial charge in [-0.05, 0) is 0 Å². The van der Waals surface area contributed by atoms with Crippen LogP contribution in [-0.2, 0) is 4.79 Å². The summed E-state index contributed by atoms with van der Waals surface area (Å²) in [5, 5.41) is 2.37. The summed E-state index contributed by atoms with van der Waals surface area (Å²) >= 11 is 0. The van der Waals surface area contributed by atoms with Gasteiger partial charge in [0, 0.05) is 12.4 Å². The number of primary amides is 1. The first-order valence-corrected chi connectivity index (χ1v) is 3.72. The topological polar surface area (TPSA) is 80.9 Å². The van der Waals surface area contributed by atoms with E-state index in [1.807, 2.05) is 0 Å². The van der Waals surface area contributed by atoms with E-state index in [-0.39, 0.29) is 12.4 Å². The maximum atomic E-state index is 12.3. The Labute approximate surface area is 78.3 Å². The predicted octanol–water partition coefficient (Wildman–Crippen LogP) is 0.311. The summed E-state index contributed by atoms with van der Waals surface area (Å²) in [5.41, 5.74) is 4.34. The van der Waals surface area contributed by atoms with Gasteiger partial charge in [-0.1, -0.05) is 0 Å². The van der Waals surface area contributed by atoms with Crippen molar-refractivity contribution in [3.63, 3.8) is 0 Å². The van der Waals surface area contributed by atoms with Crippen molar-refractivity contribution >= 4 is 11.7 Å². The number of nitrogens with zero attached hydrogens (tertiary/aromatic N) is 2. The predicted molar refractivity (Wildman–Crippen MR) is 44.7 cm³/mol. The van der Waals surface area contributed by atoms with E-state index in [2.05, 4.69) is 15.3 Å². The lowest BCUT2D eigenvalue weighted by atomic mass is 10.4. The second kappa shape index (κ2) is 4.45. The molecular formula is C7H8F2N4O. The van der Waals surface area contributed by atoms with Crippen LogP contribution < -0.4 is 11.1 Å². The number of rotatable bonds is 4. The van der Waals surface area contributed by atoms with Gasteiger partial charge in [0.05, 0.1) is 6.54 Å². The molecule has 0 aliphatic heterocycles. The number of carbonyl (C=O) groups excluding carboxylic acids is 1. The smallest absolute Gasteiger partial charge is 0.283 e. The van der Waals surface area contributed by atoms with Crippen LogP contribution in [0.4, 0.5) is 14.6 Å². The molecule has 1 rings (SSSR count). The van der Waals surface area contributed by atoms with Crippen molar-refractivity contribution in [2.75, 3.05) is 11.9 Å². The number of amides is 1. The zero-order chi connectivity index (χ0) is 10.6. The van der Waals surface area contributed by atoms with Crippen LogP contribution in [0, 0.1) is 0 Å². The fourth-order valence-electron chi connectivity index (χ4n) is 0.816. The maximum Gasteiger partial charge on any atom is 0.283 e. The number of nitrogens with two attached hydrogens (primary N) is 1. The van der Waals surface area contributed by atoms with E-state index >= 15 is 0 Å². The van der Waals surface area contributed by atoms with Gasteiger partial charge in [-0.2, -0.15) is 0 Å². The molecule has 1 amide bonds. The molecule has 0 unspecified atom stereocenters. The maximum absolute atomic E-state index is 12.3. The quantitative estimate of drug-likeness (QED) is 0.736. The van der Waals surface area contributed by atoms with Crippen molar-refractivity contribution in [3.05, 3.63) is 18.1 Å². The Balaban J connectivity index is 2.79. The highest BCUT2D eigenvalue weighted by atomic mass is 19.3. The summed E-state index contributed by atoms with van der Waals surface area (Å²) in [6.45, 7) is -0.252. The minimum atomic E-state index is -2.74. The minimum absolute atomic E-state index is 0.124. The molecule has 0 saturated carbocycles. The number of hydrogen-bond donors (Lipinski definition) is 2. The fraction of sp³-hybridized carbons (Fsp3) is 0.286. The Hall–Kier alpha value is -1.79. The zero-order valence-electron chi connectivity index (χ0n) is 7.08. The van der Waals surface area contributed by atoms with E-state index in [4.69, 9.17) is 5.73 Å². The van der Waals surface area contributed by atoms with Gasteiger partial charge in [0.25, 0.3) is 6.43 Å². The monoisotopic (exact) mass is 202 g/mol. The summed E-state index contributed by atoms with van der Waals surface area (Å²) < 4.78 is 24.6. The summed E-state index contributed by atoms with van der Waals surface area (Å²) in [7, 11) is 0. The molecule has 1 heterocycles. The lowest BCUT2D eigenvalue weighted by Crippen LogP contribution is -2.23. The molecule has 0 aliphatic carbocycles. The molecule has 0 atom stereocenters. The molecule has 0 spiro atoms. The largest absolute Gasteiger partial charge is 0.368 e. The van der Waals surface area contributed by atoms with Gasteiger partial charge in [-0.15, -0.1) is 0 Å². The van der Waals surface area contributed by atoms with E-state index in [0.29, 0.717) is 0 Å². The highest BCUT2D eigenvalue weighted by molar-refractivity contribution is 5.78. The number of halogens is 2. The van der Waals surface area contributed by atoms with Crippen LogP contribution in [0.3, 0.4) is 0 Å². The average molecular weight is 202 g/mol. The van der Waals surface area contributed by atoms with Crippen molar-refractivity contribution in [2.45, 2.75) is 6.43 Å². The molecule has 0 saturated heterocycles. The van der Waals surface area contributed by atoms with E-state index in [1.165, 1.54) is 6.20 Å². The summed E-state index contributed by atoms with van der Waals surface area (Å²) in [4.78, 5) is 17.4. The van der Waals surface area contributed by atoms with Gasteiger partial charge in [0.15, 0.2) is 5.82 Å². The second-order valence-electron chi connectivity index (χ2n) is 2.41. The second-order valence-corrected chi connectivity index (χ2v) is 2.41. The fourth-order valence-corrected chi connectivity index (χ4v) is 0.816. The minimum Gasteiger partial charge on any atom is -0.368 e. The molecule has 0 fully saturated rings. The molecule has 0 bridgehead atoms. The standard InChI is InChI=1S/C7H8F2N4O/c8-6(9)5-7(12-2-1-11-5)13-3-4(10)14/h1-2,6H,3H2,(H2,10,14)(H,12,13). The van der Waals surface area contributed by atoms with Crippen molar-refractivity contribution in [2.24, 2.45) is 5.73 Å². The van der Waals surface area contributed by atoms with Gasteiger partial charge >= 0.3 is 0 Å². The van der Waals surface area contributed by atoms with E-state index in [9.17, 15) is 13.6 Å². The van der Waals surface area contributed by atoms with Crippen LogP contribution in [0.25, 0.3) is 0 Å². The van der Waals surface area contributed by atoms with Crippen molar-refractivity contribution < 1.29 is 13.6 Å². The third-order valence-electron chi connectivity index (χ3n) is 1.36. The van der Waals surface area contributed by atoms with E-state index < -0.39 is 18.0 Å². The Bertz CT molecular complexity index is 331. The SMILES string of the molecule is NC(=O)CNc1nccnc1C(F)F. The van der Waals surface area contributed by atoms with Crippen molar-refractivity contribution in [1.82, 2.24) is 9.97 Å². The third-order valence-corrected chi connectivity index (χ3v) is 1.36. The number of hydrogen-bond acceptors (Lipinski definition) is 4. The molecule has 0 radical (unpaired) electrons. The molecule has 14 heavy (non-hydrogen) atoms. The Kier molecular flexibility index (Phi) is 3.27. The lowest BCUT2D eigenvalue weighted by molar-refractivity contribution is -0.116. The molecule has 5 nitrogen and oxygen atoms in total. The van der Waals surface area contributed by atoms with Crippen LogP contribution in [0.2, 0.25) is 0 Å². The van der Waals surface area contributed by atoms with Gasteiger partial charge in [0.1, 0.15) is 5.69 Å². The number of nitrogens with one attached hydrogen (secondary N) is 1. The average Bonchev–Trinajstić information content (AvgIpc) is 2.15. The first kappa shape index (κ1) is 10.3. The van der Waals surface area contributed by atoms with Gasteiger partial charge in [0.2, 0.25) is 5.91 Å². The third kappa shape index (κ3) is 2.61. The molecule has 0 aromatic carbocycles. The molecule has 76 valence electrons. The highest BCUT2D eigenvalue weighted by Gasteiger charge is 2.15. The Morgan fingerprint density at radius 3 is 2.71 bits per heavy atom. The van der Waals surface area contributed by atoms with Crippen LogP contribution in [0.5, 0.6) is 0 Å².